The molecule has 1 aliphatic heterocycles. The van der Waals surface area contributed by atoms with Gasteiger partial charge in [0, 0.05) is 39.1 Å². The second kappa shape index (κ2) is 5.96. The molecule has 0 aromatic carbocycles. The van der Waals surface area contributed by atoms with Gasteiger partial charge in [0.1, 0.15) is 5.60 Å². The van der Waals surface area contributed by atoms with E-state index in [9.17, 15) is 4.79 Å². The first-order valence-corrected chi connectivity index (χ1v) is 6.65. The lowest BCUT2D eigenvalue weighted by atomic mass is 9.82. The van der Waals surface area contributed by atoms with Crippen LogP contribution in [0.5, 0.6) is 0 Å². The smallest absolute Gasteiger partial charge is 0.164 e. The van der Waals surface area contributed by atoms with Crippen molar-refractivity contribution in [3.8, 4) is 0 Å². The summed E-state index contributed by atoms with van der Waals surface area (Å²) in [6.45, 7) is 10.3. The fourth-order valence-corrected chi connectivity index (χ4v) is 2.20. The van der Waals surface area contributed by atoms with Crippen molar-refractivity contribution in [2.75, 3.05) is 19.8 Å². The summed E-state index contributed by atoms with van der Waals surface area (Å²) in [5, 5.41) is 0. The van der Waals surface area contributed by atoms with Crippen LogP contribution in [-0.2, 0) is 14.3 Å². The quantitative estimate of drug-likeness (QED) is 0.743. The van der Waals surface area contributed by atoms with Gasteiger partial charge in [0.2, 0.25) is 0 Å². The summed E-state index contributed by atoms with van der Waals surface area (Å²) in [5.74, 6) is 0.262. The molecule has 1 aliphatic rings. The second-order valence-corrected chi connectivity index (χ2v) is 6.02. The number of ether oxygens (including phenoxy) is 2. The van der Waals surface area contributed by atoms with E-state index < -0.39 is 5.60 Å². The molecular weight excluding hydrogens is 216 g/mol. The van der Waals surface area contributed by atoms with Crippen molar-refractivity contribution in [1.29, 1.82) is 0 Å². The van der Waals surface area contributed by atoms with Gasteiger partial charge < -0.3 is 9.47 Å². The Bertz CT molecular complexity index is 241. The van der Waals surface area contributed by atoms with Gasteiger partial charge in [-0.1, -0.05) is 20.8 Å². The maximum atomic E-state index is 12.4. The van der Waals surface area contributed by atoms with E-state index in [2.05, 4.69) is 20.8 Å². The van der Waals surface area contributed by atoms with Crippen molar-refractivity contribution in [2.45, 2.75) is 59.0 Å². The van der Waals surface area contributed by atoms with Crippen LogP contribution >= 0.6 is 0 Å². The Balaban J connectivity index is 2.60. The monoisotopic (exact) mass is 242 g/mol. The van der Waals surface area contributed by atoms with Gasteiger partial charge in [0.25, 0.3) is 0 Å². The highest BCUT2D eigenvalue weighted by atomic mass is 16.5. The van der Waals surface area contributed by atoms with Crippen LogP contribution in [0.2, 0.25) is 0 Å². The van der Waals surface area contributed by atoms with Crippen LogP contribution < -0.4 is 0 Å². The summed E-state index contributed by atoms with van der Waals surface area (Å²) >= 11 is 0. The fourth-order valence-electron chi connectivity index (χ4n) is 2.20. The van der Waals surface area contributed by atoms with Crippen molar-refractivity contribution < 1.29 is 14.3 Å². The minimum Gasteiger partial charge on any atom is -0.381 e. The van der Waals surface area contributed by atoms with E-state index in [4.69, 9.17) is 9.47 Å². The summed E-state index contributed by atoms with van der Waals surface area (Å²) in [6, 6.07) is 0. The van der Waals surface area contributed by atoms with Crippen LogP contribution in [0.15, 0.2) is 0 Å². The molecule has 1 rings (SSSR count). The molecule has 17 heavy (non-hydrogen) atoms. The van der Waals surface area contributed by atoms with Crippen LogP contribution in [0.4, 0.5) is 0 Å². The predicted octanol–water partition coefficient (Wildman–Crippen LogP) is 2.97. The highest BCUT2D eigenvalue weighted by Crippen LogP contribution is 2.30. The lowest BCUT2D eigenvalue weighted by Gasteiger charge is -2.36. The van der Waals surface area contributed by atoms with Crippen molar-refractivity contribution in [1.82, 2.24) is 0 Å². The average molecular weight is 242 g/mol. The van der Waals surface area contributed by atoms with E-state index >= 15 is 0 Å². The zero-order valence-corrected chi connectivity index (χ0v) is 11.7. The van der Waals surface area contributed by atoms with E-state index in [-0.39, 0.29) is 11.2 Å². The summed E-state index contributed by atoms with van der Waals surface area (Å²) in [5.41, 5.74) is -0.355. The van der Waals surface area contributed by atoms with Gasteiger partial charge in [-0.3, -0.25) is 4.79 Å². The third-order valence-corrected chi connectivity index (χ3v) is 3.33. The Labute approximate surface area is 105 Å². The number of carbonyl (C=O) groups is 1. The van der Waals surface area contributed by atoms with Crippen LogP contribution in [0.25, 0.3) is 0 Å². The molecule has 0 bridgehead atoms. The van der Waals surface area contributed by atoms with E-state index in [0.717, 1.165) is 6.42 Å². The predicted molar refractivity (Wildman–Crippen MR) is 68.1 cm³/mol. The van der Waals surface area contributed by atoms with Gasteiger partial charge in [-0.2, -0.15) is 0 Å². The van der Waals surface area contributed by atoms with E-state index in [1.54, 1.807) is 0 Å². The molecule has 0 aliphatic carbocycles. The molecule has 1 saturated heterocycles. The lowest BCUT2D eigenvalue weighted by molar-refractivity contribution is -0.158. The first kappa shape index (κ1) is 14.7. The van der Waals surface area contributed by atoms with Gasteiger partial charge in [-0.15, -0.1) is 0 Å². The average Bonchev–Trinajstić information content (AvgIpc) is 2.26. The maximum Gasteiger partial charge on any atom is 0.164 e. The normalized spacial score (nSPS) is 20.2. The zero-order valence-electron chi connectivity index (χ0n) is 11.7. The molecule has 0 aromatic heterocycles. The van der Waals surface area contributed by atoms with Crippen molar-refractivity contribution >= 4 is 5.78 Å². The van der Waals surface area contributed by atoms with E-state index in [1.807, 2.05) is 6.92 Å². The van der Waals surface area contributed by atoms with Crippen LogP contribution in [-0.4, -0.2) is 31.2 Å². The third-order valence-electron chi connectivity index (χ3n) is 3.33. The van der Waals surface area contributed by atoms with Crippen LogP contribution in [0.1, 0.15) is 53.4 Å². The highest BCUT2D eigenvalue weighted by Gasteiger charge is 2.40. The van der Waals surface area contributed by atoms with Gasteiger partial charge >= 0.3 is 0 Å². The summed E-state index contributed by atoms with van der Waals surface area (Å²) in [6.07, 6.45) is 2.96. The topological polar surface area (TPSA) is 35.5 Å². The molecule has 0 aromatic rings. The van der Waals surface area contributed by atoms with Gasteiger partial charge in [-0.05, 0) is 18.8 Å². The Morgan fingerprint density at radius 1 is 1.29 bits per heavy atom. The summed E-state index contributed by atoms with van der Waals surface area (Å²) in [4.78, 5) is 12.4. The minimum atomic E-state index is -0.557. The van der Waals surface area contributed by atoms with Crippen LogP contribution in [0.3, 0.4) is 0 Å². The Morgan fingerprint density at radius 3 is 2.35 bits per heavy atom. The maximum absolute atomic E-state index is 12.4. The number of hydrogen-bond donors (Lipinski definition) is 0. The molecule has 0 saturated carbocycles. The molecular formula is C14H26O3. The number of Topliss-reactive ketones (excluding diaryl/α,β-unsaturated/α-hetero) is 1. The van der Waals surface area contributed by atoms with Crippen molar-refractivity contribution in [2.24, 2.45) is 5.41 Å². The molecule has 3 heteroatoms. The minimum absolute atomic E-state index is 0.203. The fraction of sp³-hybridized carbons (Fsp3) is 0.929. The standard InChI is InChI=1S/C14H26O3/c1-5-17-14(8-10-16-11-9-14)12(15)6-7-13(2,3)4/h5-11H2,1-4H3. The molecule has 100 valence electrons. The summed E-state index contributed by atoms with van der Waals surface area (Å²) in [7, 11) is 0. The largest absolute Gasteiger partial charge is 0.381 e. The molecule has 3 nitrogen and oxygen atoms in total. The zero-order chi connectivity index (χ0) is 12.9. The van der Waals surface area contributed by atoms with E-state index in [0.29, 0.717) is 39.1 Å². The number of rotatable bonds is 5. The number of hydrogen-bond acceptors (Lipinski definition) is 3. The number of ketones is 1. The molecule has 1 fully saturated rings. The van der Waals surface area contributed by atoms with Gasteiger partial charge in [-0.25, -0.2) is 0 Å². The van der Waals surface area contributed by atoms with Gasteiger partial charge in [0.05, 0.1) is 0 Å². The Morgan fingerprint density at radius 2 is 1.88 bits per heavy atom. The Hall–Kier alpha value is -0.410. The van der Waals surface area contributed by atoms with Gasteiger partial charge in [0.15, 0.2) is 5.78 Å². The molecule has 0 spiro atoms. The van der Waals surface area contributed by atoms with Crippen LogP contribution in [0, 0.1) is 5.41 Å². The summed E-state index contributed by atoms with van der Waals surface area (Å²) < 4.78 is 11.1. The molecule has 1 heterocycles. The third kappa shape index (κ3) is 4.40. The SMILES string of the molecule is CCOC1(C(=O)CCC(C)(C)C)CCOCC1. The molecule has 0 unspecified atom stereocenters. The second-order valence-electron chi connectivity index (χ2n) is 6.02. The Kier molecular flexibility index (Phi) is 5.14. The molecule has 0 N–H and O–H groups in total. The van der Waals surface area contributed by atoms with Crippen molar-refractivity contribution in [3.05, 3.63) is 0 Å². The molecule has 0 radical (unpaired) electrons. The first-order valence-electron chi connectivity index (χ1n) is 6.65. The van der Waals surface area contributed by atoms with Crippen molar-refractivity contribution in [3.63, 3.8) is 0 Å². The lowest BCUT2D eigenvalue weighted by Crippen LogP contribution is -2.46. The first-order chi connectivity index (χ1) is 7.90. The highest BCUT2D eigenvalue weighted by molar-refractivity contribution is 5.87. The molecule has 0 atom stereocenters. The van der Waals surface area contributed by atoms with E-state index in [1.165, 1.54) is 0 Å². The number of carbonyl (C=O) groups excluding carboxylic acids is 1. The molecule has 0 amide bonds.